The monoisotopic (exact) mass is 436 g/mol. The van der Waals surface area contributed by atoms with Crippen molar-refractivity contribution in [1.29, 1.82) is 0 Å². The van der Waals surface area contributed by atoms with Gasteiger partial charge in [-0.3, -0.25) is 14.6 Å². The molecule has 172 valence electrons. The minimum absolute atomic E-state index is 0.0207. The van der Waals surface area contributed by atoms with E-state index in [9.17, 15) is 4.79 Å². The van der Waals surface area contributed by atoms with Crippen LogP contribution in [-0.4, -0.2) is 55.0 Å². The number of piperidine rings is 2. The molecule has 2 aliphatic heterocycles. The zero-order valence-corrected chi connectivity index (χ0v) is 19.5. The van der Waals surface area contributed by atoms with Gasteiger partial charge >= 0.3 is 0 Å². The fourth-order valence-electron chi connectivity index (χ4n) is 5.16. The molecule has 0 spiro atoms. The molecule has 0 saturated carbocycles. The number of carbonyl (C=O) groups is 1. The number of methoxy groups -OCH3 is 2. The van der Waals surface area contributed by atoms with Gasteiger partial charge in [0.05, 0.1) is 26.3 Å². The van der Waals surface area contributed by atoms with Gasteiger partial charge in [0.15, 0.2) is 5.78 Å². The summed E-state index contributed by atoms with van der Waals surface area (Å²) in [6.45, 7) is 3.64. The maximum absolute atomic E-state index is 13.8. The van der Waals surface area contributed by atoms with Crippen LogP contribution in [0.5, 0.6) is 11.5 Å². The predicted molar refractivity (Wildman–Crippen MR) is 127 cm³/mol. The second-order valence-electron chi connectivity index (χ2n) is 9.06. The largest absolute Gasteiger partial charge is 0.497 e. The zero-order chi connectivity index (χ0) is 22.3. The lowest BCUT2D eigenvalue weighted by molar-refractivity contribution is -0.132. The summed E-state index contributed by atoms with van der Waals surface area (Å²) >= 11 is 0. The molecule has 2 saturated heterocycles. The number of Topliss-reactive ketones (excluding diaryl/α,β-unsaturated/α-hetero) is 1. The molecule has 2 aromatic rings. The molecule has 5 nitrogen and oxygen atoms in total. The quantitative estimate of drug-likeness (QED) is 0.601. The van der Waals surface area contributed by atoms with E-state index in [4.69, 9.17) is 9.47 Å². The fourth-order valence-corrected chi connectivity index (χ4v) is 5.16. The van der Waals surface area contributed by atoms with E-state index >= 15 is 0 Å². The SMILES string of the molecule is COc1ccc(CN2CCCCC2C(=O)C2CCCCN2Cc2ccc(OC)cc2)cc1. The number of hydrogen-bond acceptors (Lipinski definition) is 5. The van der Waals surface area contributed by atoms with Gasteiger partial charge in [0.1, 0.15) is 11.5 Å². The Kier molecular flexibility index (Phi) is 7.82. The molecule has 32 heavy (non-hydrogen) atoms. The summed E-state index contributed by atoms with van der Waals surface area (Å²) in [5.74, 6) is 2.17. The third-order valence-corrected chi connectivity index (χ3v) is 6.97. The normalized spacial score (nSPS) is 22.4. The molecule has 2 atom stereocenters. The van der Waals surface area contributed by atoms with Crippen LogP contribution in [0, 0.1) is 0 Å². The summed E-state index contributed by atoms with van der Waals surface area (Å²) in [6.07, 6.45) is 6.56. The first kappa shape index (κ1) is 22.8. The second kappa shape index (κ2) is 11.0. The molecule has 0 aliphatic carbocycles. The Bertz CT molecular complexity index is 794. The Balaban J connectivity index is 1.45. The minimum atomic E-state index is 0.0207. The molecular weight excluding hydrogens is 400 g/mol. The number of rotatable bonds is 8. The standard InChI is InChI=1S/C27H36N2O3/c1-31-23-13-9-21(10-14-23)19-28-17-5-3-7-25(28)27(30)26-8-4-6-18-29(26)20-22-11-15-24(32-2)16-12-22/h9-16,25-26H,3-8,17-20H2,1-2H3. The second-order valence-corrected chi connectivity index (χ2v) is 9.06. The van der Waals surface area contributed by atoms with Gasteiger partial charge in [0, 0.05) is 13.1 Å². The number of ether oxygens (including phenoxy) is 2. The van der Waals surface area contributed by atoms with Crippen LogP contribution in [0.3, 0.4) is 0 Å². The van der Waals surface area contributed by atoms with E-state index in [1.807, 2.05) is 24.3 Å². The first-order chi connectivity index (χ1) is 15.7. The lowest BCUT2D eigenvalue weighted by atomic mass is 9.89. The van der Waals surface area contributed by atoms with Crippen molar-refractivity contribution in [3.8, 4) is 11.5 Å². The molecule has 0 N–H and O–H groups in total. The van der Waals surface area contributed by atoms with Crippen LogP contribution < -0.4 is 9.47 Å². The molecule has 2 aliphatic rings. The molecule has 2 fully saturated rings. The highest BCUT2D eigenvalue weighted by atomic mass is 16.5. The molecule has 0 bridgehead atoms. The maximum Gasteiger partial charge on any atom is 0.167 e. The molecule has 4 rings (SSSR count). The molecule has 2 aromatic carbocycles. The Labute approximate surface area is 192 Å². The van der Waals surface area contributed by atoms with Gasteiger partial charge < -0.3 is 9.47 Å². The van der Waals surface area contributed by atoms with Crippen molar-refractivity contribution >= 4 is 5.78 Å². The van der Waals surface area contributed by atoms with Crippen LogP contribution in [0.1, 0.15) is 49.7 Å². The molecule has 0 radical (unpaired) electrons. The molecular formula is C27H36N2O3. The van der Waals surface area contributed by atoms with Crippen LogP contribution in [0.25, 0.3) is 0 Å². The Morgan fingerprint density at radius 1 is 0.719 bits per heavy atom. The Morgan fingerprint density at radius 3 is 1.50 bits per heavy atom. The summed E-state index contributed by atoms with van der Waals surface area (Å²) in [4.78, 5) is 18.7. The van der Waals surface area contributed by atoms with Crippen LogP contribution in [0.4, 0.5) is 0 Å². The van der Waals surface area contributed by atoms with E-state index in [1.165, 1.54) is 24.0 Å². The van der Waals surface area contributed by atoms with E-state index in [1.54, 1.807) is 14.2 Å². The summed E-state index contributed by atoms with van der Waals surface area (Å²) < 4.78 is 10.6. The summed E-state index contributed by atoms with van der Waals surface area (Å²) in [6, 6.07) is 16.5. The topological polar surface area (TPSA) is 42.0 Å². The van der Waals surface area contributed by atoms with Crippen molar-refractivity contribution in [2.75, 3.05) is 27.3 Å². The third-order valence-electron chi connectivity index (χ3n) is 6.97. The fraction of sp³-hybridized carbons (Fsp3) is 0.519. The lowest BCUT2D eigenvalue weighted by Gasteiger charge is -2.41. The van der Waals surface area contributed by atoms with Crippen LogP contribution in [0.15, 0.2) is 48.5 Å². The molecule has 2 unspecified atom stereocenters. The van der Waals surface area contributed by atoms with Gasteiger partial charge in [0.25, 0.3) is 0 Å². The highest BCUT2D eigenvalue weighted by Gasteiger charge is 2.37. The van der Waals surface area contributed by atoms with Gasteiger partial charge in [-0.15, -0.1) is 0 Å². The van der Waals surface area contributed by atoms with Crippen molar-refractivity contribution < 1.29 is 14.3 Å². The van der Waals surface area contributed by atoms with E-state index < -0.39 is 0 Å². The van der Waals surface area contributed by atoms with Crippen LogP contribution >= 0.6 is 0 Å². The summed E-state index contributed by atoms with van der Waals surface area (Å²) in [5, 5.41) is 0. The molecule has 5 heteroatoms. The smallest absolute Gasteiger partial charge is 0.167 e. The van der Waals surface area contributed by atoms with Gasteiger partial charge in [-0.1, -0.05) is 37.1 Å². The van der Waals surface area contributed by atoms with Crippen molar-refractivity contribution in [2.45, 2.75) is 63.7 Å². The van der Waals surface area contributed by atoms with E-state index in [-0.39, 0.29) is 12.1 Å². The number of likely N-dealkylation sites (tertiary alicyclic amines) is 2. The van der Waals surface area contributed by atoms with Crippen LogP contribution in [-0.2, 0) is 17.9 Å². The maximum atomic E-state index is 13.8. The first-order valence-corrected chi connectivity index (χ1v) is 12.0. The van der Waals surface area contributed by atoms with E-state index in [2.05, 4.69) is 34.1 Å². The molecule has 0 amide bonds. The van der Waals surface area contributed by atoms with Crippen molar-refractivity contribution in [3.63, 3.8) is 0 Å². The number of benzene rings is 2. The first-order valence-electron chi connectivity index (χ1n) is 12.0. The predicted octanol–water partition coefficient (Wildman–Crippen LogP) is 4.68. The zero-order valence-electron chi connectivity index (χ0n) is 19.5. The Hall–Kier alpha value is -2.37. The summed E-state index contributed by atoms with van der Waals surface area (Å²) in [5.41, 5.74) is 2.48. The number of carbonyl (C=O) groups excluding carboxylic acids is 1. The molecule has 0 aromatic heterocycles. The van der Waals surface area contributed by atoms with Gasteiger partial charge in [-0.2, -0.15) is 0 Å². The average Bonchev–Trinajstić information content (AvgIpc) is 2.85. The molecule has 2 heterocycles. The third kappa shape index (κ3) is 5.51. The minimum Gasteiger partial charge on any atom is -0.497 e. The number of ketones is 1. The summed E-state index contributed by atoms with van der Waals surface area (Å²) in [7, 11) is 3.38. The Morgan fingerprint density at radius 2 is 1.12 bits per heavy atom. The van der Waals surface area contributed by atoms with Crippen LogP contribution in [0.2, 0.25) is 0 Å². The highest BCUT2D eigenvalue weighted by molar-refractivity contribution is 5.89. The highest BCUT2D eigenvalue weighted by Crippen LogP contribution is 2.28. The van der Waals surface area contributed by atoms with Gasteiger partial charge in [-0.25, -0.2) is 0 Å². The van der Waals surface area contributed by atoms with Crippen molar-refractivity contribution in [3.05, 3.63) is 59.7 Å². The lowest BCUT2D eigenvalue weighted by Crippen LogP contribution is -2.53. The number of nitrogens with zero attached hydrogens (tertiary/aromatic N) is 2. The van der Waals surface area contributed by atoms with Crippen molar-refractivity contribution in [2.24, 2.45) is 0 Å². The van der Waals surface area contributed by atoms with E-state index in [0.717, 1.165) is 63.4 Å². The van der Waals surface area contributed by atoms with E-state index in [0.29, 0.717) is 5.78 Å². The van der Waals surface area contributed by atoms with Crippen molar-refractivity contribution in [1.82, 2.24) is 9.80 Å². The van der Waals surface area contributed by atoms with Gasteiger partial charge in [-0.05, 0) is 74.2 Å². The number of hydrogen-bond donors (Lipinski definition) is 0. The van der Waals surface area contributed by atoms with Gasteiger partial charge in [0.2, 0.25) is 0 Å². The average molecular weight is 437 g/mol.